The van der Waals surface area contributed by atoms with Gasteiger partial charge in [0.25, 0.3) is 17.5 Å². The monoisotopic (exact) mass is 393 g/mol. The summed E-state index contributed by atoms with van der Waals surface area (Å²) >= 11 is 0. The zero-order valence-corrected chi connectivity index (χ0v) is 15.3. The molecule has 0 atom stereocenters. The van der Waals surface area contributed by atoms with E-state index in [0.717, 1.165) is 0 Å². The van der Waals surface area contributed by atoms with E-state index in [0.29, 0.717) is 11.3 Å². The van der Waals surface area contributed by atoms with E-state index in [1.165, 1.54) is 48.5 Å². The van der Waals surface area contributed by atoms with Crippen molar-refractivity contribution < 1.29 is 18.9 Å². The molecule has 0 unspecified atom stereocenters. The van der Waals surface area contributed by atoms with Crippen LogP contribution in [0.4, 0.5) is 21.5 Å². The Labute approximate surface area is 165 Å². The number of non-ortho nitro benzene ring substituents is 1. The molecule has 3 rings (SSSR count). The minimum atomic E-state index is -0.651. The summed E-state index contributed by atoms with van der Waals surface area (Å²) in [5.41, 5.74) is 1.27. The molecule has 0 bridgehead atoms. The fraction of sp³-hybridized carbons (Fsp3) is 0.0476. The molecule has 2 amide bonds. The van der Waals surface area contributed by atoms with Crippen LogP contribution in [0.3, 0.4) is 0 Å². The third-order valence-electron chi connectivity index (χ3n) is 4.18. The molecule has 3 aromatic rings. The van der Waals surface area contributed by atoms with E-state index < -0.39 is 22.6 Å². The first kappa shape index (κ1) is 19.7. The number of halogens is 1. The molecule has 0 spiro atoms. The molecule has 7 nitrogen and oxygen atoms in total. The molecule has 0 aliphatic heterocycles. The number of benzene rings is 3. The van der Waals surface area contributed by atoms with Crippen molar-refractivity contribution in [3.8, 4) is 0 Å². The third kappa shape index (κ3) is 4.62. The van der Waals surface area contributed by atoms with E-state index >= 15 is 0 Å². The molecule has 29 heavy (non-hydrogen) atoms. The lowest BCUT2D eigenvalue weighted by Gasteiger charge is -2.11. The van der Waals surface area contributed by atoms with Gasteiger partial charge in [0, 0.05) is 29.1 Å². The summed E-state index contributed by atoms with van der Waals surface area (Å²) in [5, 5.41) is 16.0. The van der Waals surface area contributed by atoms with Crippen molar-refractivity contribution in [3.05, 3.63) is 99.4 Å². The number of nitro groups is 1. The number of hydrogen-bond acceptors (Lipinski definition) is 4. The van der Waals surface area contributed by atoms with Gasteiger partial charge in [-0.1, -0.05) is 24.3 Å². The van der Waals surface area contributed by atoms with Gasteiger partial charge in [0.15, 0.2) is 0 Å². The largest absolute Gasteiger partial charge is 0.322 e. The Morgan fingerprint density at radius 1 is 0.931 bits per heavy atom. The SMILES string of the molecule is Cc1ccc(C(=O)Nc2cccc([N+](=O)[O-])c2)cc1NC(=O)c1ccccc1F. The Kier molecular flexibility index (Phi) is 5.64. The van der Waals surface area contributed by atoms with Crippen molar-refractivity contribution in [3.63, 3.8) is 0 Å². The van der Waals surface area contributed by atoms with Gasteiger partial charge in [0.2, 0.25) is 0 Å². The number of aryl methyl sites for hydroxylation is 1. The molecule has 0 radical (unpaired) electrons. The highest BCUT2D eigenvalue weighted by molar-refractivity contribution is 6.08. The van der Waals surface area contributed by atoms with Gasteiger partial charge in [0.1, 0.15) is 5.82 Å². The first-order valence-electron chi connectivity index (χ1n) is 8.57. The molecule has 8 heteroatoms. The molecule has 146 valence electrons. The van der Waals surface area contributed by atoms with Crippen molar-refractivity contribution in [1.82, 2.24) is 0 Å². The summed E-state index contributed by atoms with van der Waals surface area (Å²) in [6.07, 6.45) is 0. The van der Waals surface area contributed by atoms with Gasteiger partial charge in [-0.15, -0.1) is 0 Å². The number of rotatable bonds is 5. The number of hydrogen-bond donors (Lipinski definition) is 2. The Morgan fingerprint density at radius 2 is 1.69 bits per heavy atom. The van der Waals surface area contributed by atoms with Crippen LogP contribution < -0.4 is 10.6 Å². The molecule has 2 N–H and O–H groups in total. The standard InChI is InChI=1S/C21H16FN3O4/c1-13-9-10-14(20(26)23-15-5-4-6-16(12-15)25(28)29)11-19(13)24-21(27)17-7-2-3-8-18(17)22/h2-12H,1H3,(H,23,26)(H,24,27). The van der Waals surface area contributed by atoms with E-state index in [-0.39, 0.29) is 22.5 Å². The summed E-state index contributed by atoms with van der Waals surface area (Å²) in [6.45, 7) is 1.74. The van der Waals surface area contributed by atoms with Crippen LogP contribution in [0, 0.1) is 22.9 Å². The predicted octanol–water partition coefficient (Wildman–Crippen LogP) is 4.55. The minimum absolute atomic E-state index is 0.113. The molecule has 0 aliphatic carbocycles. The van der Waals surface area contributed by atoms with Crippen molar-refractivity contribution in [2.45, 2.75) is 6.92 Å². The van der Waals surface area contributed by atoms with E-state index in [1.54, 1.807) is 25.1 Å². The van der Waals surface area contributed by atoms with Crippen LogP contribution in [0.1, 0.15) is 26.3 Å². The van der Waals surface area contributed by atoms with Crippen molar-refractivity contribution in [1.29, 1.82) is 0 Å². The normalized spacial score (nSPS) is 10.3. The maximum Gasteiger partial charge on any atom is 0.271 e. The quantitative estimate of drug-likeness (QED) is 0.490. The van der Waals surface area contributed by atoms with Crippen molar-refractivity contribution in [2.75, 3.05) is 10.6 Å². The maximum atomic E-state index is 13.8. The number of anilines is 2. The predicted molar refractivity (Wildman–Crippen MR) is 107 cm³/mol. The number of nitrogens with zero attached hydrogens (tertiary/aromatic N) is 1. The number of carbonyl (C=O) groups excluding carboxylic acids is 2. The van der Waals surface area contributed by atoms with Gasteiger partial charge in [-0.05, 0) is 42.8 Å². The smallest absolute Gasteiger partial charge is 0.271 e. The third-order valence-corrected chi connectivity index (χ3v) is 4.18. The number of amides is 2. The Bertz CT molecular complexity index is 1110. The van der Waals surface area contributed by atoms with Gasteiger partial charge >= 0.3 is 0 Å². The molecule has 0 aromatic heterocycles. The van der Waals surface area contributed by atoms with Crippen LogP contribution >= 0.6 is 0 Å². The Hall–Kier alpha value is -4.07. The summed E-state index contributed by atoms with van der Waals surface area (Å²) in [7, 11) is 0. The summed E-state index contributed by atoms with van der Waals surface area (Å²) < 4.78 is 13.8. The lowest BCUT2D eigenvalue weighted by molar-refractivity contribution is -0.384. The average molecular weight is 393 g/mol. The zero-order valence-electron chi connectivity index (χ0n) is 15.3. The minimum Gasteiger partial charge on any atom is -0.322 e. The average Bonchev–Trinajstić information content (AvgIpc) is 2.70. The van der Waals surface area contributed by atoms with Crippen LogP contribution in [-0.4, -0.2) is 16.7 Å². The molecular formula is C21H16FN3O4. The number of nitrogens with one attached hydrogen (secondary N) is 2. The highest BCUT2D eigenvalue weighted by atomic mass is 19.1. The van der Waals surface area contributed by atoms with Gasteiger partial charge in [0.05, 0.1) is 10.5 Å². The van der Waals surface area contributed by atoms with Crippen LogP contribution in [0.15, 0.2) is 66.7 Å². The van der Waals surface area contributed by atoms with Crippen LogP contribution in [0.5, 0.6) is 0 Å². The second-order valence-corrected chi connectivity index (χ2v) is 6.23. The van der Waals surface area contributed by atoms with Crippen LogP contribution in [0.2, 0.25) is 0 Å². The highest BCUT2D eigenvalue weighted by Crippen LogP contribution is 2.21. The lowest BCUT2D eigenvalue weighted by Crippen LogP contribution is -2.16. The van der Waals surface area contributed by atoms with Gasteiger partial charge in [-0.3, -0.25) is 19.7 Å². The summed E-state index contributed by atoms with van der Waals surface area (Å²) in [4.78, 5) is 35.2. The van der Waals surface area contributed by atoms with E-state index in [9.17, 15) is 24.1 Å². The first-order valence-corrected chi connectivity index (χ1v) is 8.57. The highest BCUT2D eigenvalue weighted by Gasteiger charge is 2.15. The molecular weight excluding hydrogens is 377 g/mol. The summed E-state index contributed by atoms with van der Waals surface area (Å²) in [5.74, 6) is -1.79. The van der Waals surface area contributed by atoms with E-state index in [1.807, 2.05) is 0 Å². The van der Waals surface area contributed by atoms with Crippen molar-refractivity contribution >= 4 is 28.9 Å². The van der Waals surface area contributed by atoms with Crippen molar-refractivity contribution in [2.24, 2.45) is 0 Å². The van der Waals surface area contributed by atoms with Crippen LogP contribution in [-0.2, 0) is 0 Å². The number of carbonyl (C=O) groups is 2. The second-order valence-electron chi connectivity index (χ2n) is 6.23. The van der Waals surface area contributed by atoms with Crippen LogP contribution in [0.25, 0.3) is 0 Å². The first-order chi connectivity index (χ1) is 13.8. The van der Waals surface area contributed by atoms with Gasteiger partial charge < -0.3 is 10.6 Å². The van der Waals surface area contributed by atoms with E-state index in [2.05, 4.69) is 10.6 Å². The molecule has 0 fully saturated rings. The fourth-order valence-electron chi connectivity index (χ4n) is 2.63. The summed E-state index contributed by atoms with van der Waals surface area (Å²) in [6, 6.07) is 15.8. The van der Waals surface area contributed by atoms with Gasteiger partial charge in [-0.25, -0.2) is 4.39 Å². The molecule has 0 saturated carbocycles. The molecule has 0 heterocycles. The fourth-order valence-corrected chi connectivity index (χ4v) is 2.63. The second kappa shape index (κ2) is 8.30. The number of nitro benzene ring substituents is 1. The Morgan fingerprint density at radius 3 is 2.41 bits per heavy atom. The zero-order chi connectivity index (χ0) is 21.0. The molecule has 0 aliphatic rings. The topological polar surface area (TPSA) is 101 Å². The van der Waals surface area contributed by atoms with Gasteiger partial charge in [-0.2, -0.15) is 0 Å². The maximum absolute atomic E-state index is 13.8. The van der Waals surface area contributed by atoms with E-state index in [4.69, 9.17) is 0 Å². The lowest BCUT2D eigenvalue weighted by atomic mass is 10.1. The molecule has 3 aromatic carbocycles. The molecule has 0 saturated heterocycles. The Balaban J connectivity index is 1.80.